The van der Waals surface area contributed by atoms with Crippen LogP contribution in [-0.2, 0) is 4.79 Å². The average molecular weight is 369 g/mol. The molecule has 2 amide bonds. The van der Waals surface area contributed by atoms with Gasteiger partial charge in [0.15, 0.2) is 0 Å². The Kier molecular flexibility index (Phi) is 5.70. The van der Waals surface area contributed by atoms with Crippen LogP contribution in [0.25, 0.3) is 5.69 Å². The van der Waals surface area contributed by atoms with Crippen molar-refractivity contribution in [2.45, 2.75) is 4.90 Å². The highest BCUT2D eigenvalue weighted by atomic mass is 32.2. The van der Waals surface area contributed by atoms with E-state index in [0.29, 0.717) is 16.1 Å². The van der Waals surface area contributed by atoms with Gasteiger partial charge in [-0.05, 0) is 36.4 Å². The van der Waals surface area contributed by atoms with Crippen LogP contribution in [0.1, 0.15) is 10.4 Å². The van der Waals surface area contributed by atoms with Gasteiger partial charge in [0.1, 0.15) is 5.82 Å². The highest BCUT2D eigenvalue weighted by Gasteiger charge is 2.13. The van der Waals surface area contributed by atoms with Crippen molar-refractivity contribution in [1.82, 2.24) is 15.4 Å². The molecule has 0 aliphatic heterocycles. The molecule has 0 aliphatic rings. The molecule has 0 aliphatic carbocycles. The summed E-state index contributed by atoms with van der Waals surface area (Å²) in [6.07, 6.45) is 3.66. The van der Waals surface area contributed by atoms with Crippen LogP contribution in [0.2, 0.25) is 0 Å². The lowest BCUT2D eigenvalue weighted by molar-refractivity contribution is -0.119. The van der Waals surface area contributed by atoms with Crippen LogP contribution < -0.4 is 10.9 Å². The van der Waals surface area contributed by atoms with Crippen LogP contribution in [-0.4, -0.2) is 22.1 Å². The monoisotopic (exact) mass is 369 g/mol. The van der Waals surface area contributed by atoms with E-state index in [4.69, 9.17) is 0 Å². The highest BCUT2D eigenvalue weighted by molar-refractivity contribution is 8.00. The summed E-state index contributed by atoms with van der Waals surface area (Å²) in [5.41, 5.74) is 5.87. The van der Waals surface area contributed by atoms with Crippen LogP contribution in [0.4, 0.5) is 4.39 Å². The molecule has 5 nitrogen and oxygen atoms in total. The molecule has 0 atom stereocenters. The summed E-state index contributed by atoms with van der Waals surface area (Å²) < 4.78 is 15.3. The molecule has 2 N–H and O–H groups in total. The second-order valence-electron chi connectivity index (χ2n) is 5.33. The van der Waals surface area contributed by atoms with Gasteiger partial charge in [0.25, 0.3) is 5.91 Å². The second kappa shape index (κ2) is 8.35. The van der Waals surface area contributed by atoms with Gasteiger partial charge in [-0.25, -0.2) is 4.39 Å². The molecule has 0 bridgehead atoms. The van der Waals surface area contributed by atoms with E-state index in [2.05, 4.69) is 10.9 Å². The number of hydrogen-bond acceptors (Lipinski definition) is 3. The Morgan fingerprint density at radius 2 is 1.62 bits per heavy atom. The maximum atomic E-state index is 13.5. The average Bonchev–Trinajstić information content (AvgIpc) is 3.20. The van der Waals surface area contributed by atoms with Gasteiger partial charge in [-0.2, -0.15) is 0 Å². The summed E-state index contributed by atoms with van der Waals surface area (Å²) in [5.74, 6) is -1.25. The van der Waals surface area contributed by atoms with Crippen LogP contribution in [0.15, 0.2) is 78.0 Å². The first kappa shape index (κ1) is 17.8. The van der Waals surface area contributed by atoms with Crippen molar-refractivity contribution in [3.8, 4) is 5.69 Å². The molecule has 3 aromatic rings. The predicted octanol–water partition coefficient (Wildman–Crippen LogP) is 3.17. The molecular formula is C19H16FN3O2S. The summed E-state index contributed by atoms with van der Waals surface area (Å²) in [6, 6.07) is 17.0. The molecule has 132 valence electrons. The van der Waals surface area contributed by atoms with Crippen LogP contribution in [0.3, 0.4) is 0 Å². The minimum atomic E-state index is -0.432. The van der Waals surface area contributed by atoms with Crippen molar-refractivity contribution >= 4 is 23.6 Å². The van der Waals surface area contributed by atoms with E-state index >= 15 is 0 Å². The topological polar surface area (TPSA) is 63.1 Å². The zero-order valence-corrected chi connectivity index (χ0v) is 14.5. The SMILES string of the molecule is O=C(CSc1ccccc1F)NNC(=O)c1ccccc1-n1cccc1. The van der Waals surface area contributed by atoms with Gasteiger partial charge in [0, 0.05) is 17.3 Å². The van der Waals surface area contributed by atoms with Crippen molar-refractivity contribution in [3.63, 3.8) is 0 Å². The van der Waals surface area contributed by atoms with Crippen molar-refractivity contribution in [3.05, 3.63) is 84.4 Å². The van der Waals surface area contributed by atoms with E-state index in [0.717, 1.165) is 11.8 Å². The number of nitrogens with one attached hydrogen (secondary N) is 2. The first-order valence-electron chi connectivity index (χ1n) is 7.84. The normalized spacial score (nSPS) is 10.3. The highest BCUT2D eigenvalue weighted by Crippen LogP contribution is 2.20. The van der Waals surface area contributed by atoms with E-state index in [1.165, 1.54) is 6.07 Å². The van der Waals surface area contributed by atoms with Crippen molar-refractivity contribution in [1.29, 1.82) is 0 Å². The number of amides is 2. The third-order valence-corrected chi connectivity index (χ3v) is 4.59. The quantitative estimate of drug-likeness (QED) is 0.536. The Morgan fingerprint density at radius 1 is 0.923 bits per heavy atom. The molecule has 0 spiro atoms. The summed E-state index contributed by atoms with van der Waals surface area (Å²) in [6.45, 7) is 0. The Morgan fingerprint density at radius 3 is 2.38 bits per heavy atom. The third-order valence-electron chi connectivity index (χ3n) is 3.54. The van der Waals surface area contributed by atoms with Gasteiger partial charge >= 0.3 is 0 Å². The Hall–Kier alpha value is -3.06. The van der Waals surface area contributed by atoms with Gasteiger partial charge in [-0.1, -0.05) is 24.3 Å². The maximum Gasteiger partial charge on any atom is 0.271 e. The van der Waals surface area contributed by atoms with Gasteiger partial charge in [-0.3, -0.25) is 20.4 Å². The lowest BCUT2D eigenvalue weighted by Gasteiger charge is -2.12. The molecule has 0 saturated heterocycles. The van der Waals surface area contributed by atoms with Gasteiger partial charge in [0.05, 0.1) is 17.0 Å². The van der Waals surface area contributed by atoms with E-state index in [1.54, 1.807) is 30.3 Å². The van der Waals surface area contributed by atoms with Crippen LogP contribution in [0, 0.1) is 5.82 Å². The molecule has 7 heteroatoms. The minimum absolute atomic E-state index is 0.0134. The number of benzene rings is 2. The number of carbonyl (C=O) groups excluding carboxylic acids is 2. The summed E-state index contributed by atoms with van der Waals surface area (Å²) in [5, 5.41) is 0. The maximum absolute atomic E-state index is 13.5. The molecule has 0 unspecified atom stereocenters. The van der Waals surface area contributed by atoms with Gasteiger partial charge < -0.3 is 4.57 Å². The fraction of sp³-hybridized carbons (Fsp3) is 0.0526. The standard InChI is InChI=1S/C19H16FN3O2S/c20-15-8-2-4-10-17(15)26-13-18(24)21-22-19(25)14-7-1-3-9-16(14)23-11-5-6-12-23/h1-12H,13H2,(H,21,24)(H,22,25). The Bertz CT molecular complexity index is 913. The largest absolute Gasteiger partial charge is 0.323 e. The molecule has 0 radical (unpaired) electrons. The number of nitrogens with zero attached hydrogens (tertiary/aromatic N) is 1. The zero-order valence-electron chi connectivity index (χ0n) is 13.7. The molecule has 3 rings (SSSR count). The van der Waals surface area contributed by atoms with E-state index in [9.17, 15) is 14.0 Å². The number of hydrogen-bond donors (Lipinski definition) is 2. The first-order chi connectivity index (χ1) is 12.6. The number of aromatic nitrogens is 1. The van der Waals surface area contributed by atoms with Crippen molar-refractivity contribution in [2.24, 2.45) is 0 Å². The molecule has 1 heterocycles. The summed E-state index contributed by atoms with van der Waals surface area (Å²) in [7, 11) is 0. The number of thioether (sulfide) groups is 1. The summed E-state index contributed by atoms with van der Waals surface area (Å²) >= 11 is 1.06. The molecule has 1 aromatic heterocycles. The van der Waals surface area contributed by atoms with Crippen LogP contribution >= 0.6 is 11.8 Å². The van der Waals surface area contributed by atoms with Crippen molar-refractivity contribution in [2.75, 3.05) is 5.75 Å². The Balaban J connectivity index is 1.58. The van der Waals surface area contributed by atoms with Crippen LogP contribution in [0.5, 0.6) is 0 Å². The lowest BCUT2D eigenvalue weighted by Crippen LogP contribution is -2.42. The van der Waals surface area contributed by atoms with Crippen molar-refractivity contribution < 1.29 is 14.0 Å². The molecular weight excluding hydrogens is 353 g/mol. The fourth-order valence-electron chi connectivity index (χ4n) is 2.32. The molecule has 2 aromatic carbocycles. The fourth-order valence-corrected chi connectivity index (χ4v) is 3.06. The Labute approximate surface area is 154 Å². The second-order valence-corrected chi connectivity index (χ2v) is 6.35. The van der Waals surface area contributed by atoms with Gasteiger partial charge in [0.2, 0.25) is 5.91 Å². The smallest absolute Gasteiger partial charge is 0.271 e. The van der Waals surface area contributed by atoms with E-state index < -0.39 is 11.8 Å². The first-order valence-corrected chi connectivity index (χ1v) is 8.82. The number of rotatable bonds is 5. The number of halogens is 1. The number of carbonyl (C=O) groups is 2. The third kappa shape index (κ3) is 4.31. The molecule has 0 fully saturated rings. The number of para-hydroxylation sites is 1. The zero-order chi connectivity index (χ0) is 18.4. The molecule has 0 saturated carbocycles. The minimum Gasteiger partial charge on any atom is -0.323 e. The molecule has 26 heavy (non-hydrogen) atoms. The summed E-state index contributed by atoms with van der Waals surface area (Å²) in [4.78, 5) is 24.7. The predicted molar refractivity (Wildman–Crippen MR) is 98.5 cm³/mol. The van der Waals surface area contributed by atoms with E-state index in [1.807, 2.05) is 41.2 Å². The van der Waals surface area contributed by atoms with E-state index in [-0.39, 0.29) is 11.6 Å². The number of hydrazine groups is 1. The lowest BCUT2D eigenvalue weighted by atomic mass is 10.1. The van der Waals surface area contributed by atoms with Gasteiger partial charge in [-0.15, -0.1) is 11.8 Å².